The van der Waals surface area contributed by atoms with Crippen LogP contribution >= 0.6 is 11.3 Å². The third-order valence-corrected chi connectivity index (χ3v) is 7.50. The van der Waals surface area contributed by atoms with Crippen LogP contribution < -0.4 is 4.90 Å². The number of aromatic nitrogens is 1. The Labute approximate surface area is 147 Å². The van der Waals surface area contributed by atoms with Gasteiger partial charge in [-0.25, -0.2) is 13.4 Å². The Kier molecular flexibility index (Phi) is 5.41. The number of thiazole rings is 1. The van der Waals surface area contributed by atoms with Gasteiger partial charge < -0.3 is 9.80 Å². The van der Waals surface area contributed by atoms with Crippen LogP contribution in [0.5, 0.6) is 0 Å². The fraction of sp³-hybridized carbons (Fsp3) is 0.733. The second-order valence-corrected chi connectivity index (χ2v) is 9.13. The van der Waals surface area contributed by atoms with E-state index in [1.54, 1.807) is 17.5 Å². The lowest BCUT2D eigenvalue weighted by Gasteiger charge is -2.37. The fourth-order valence-corrected chi connectivity index (χ4v) is 5.83. The summed E-state index contributed by atoms with van der Waals surface area (Å²) in [6, 6.07) is -0.507. The van der Waals surface area contributed by atoms with Crippen molar-refractivity contribution in [2.24, 2.45) is 0 Å². The summed E-state index contributed by atoms with van der Waals surface area (Å²) < 4.78 is 26.2. The van der Waals surface area contributed by atoms with Crippen molar-refractivity contribution in [3.63, 3.8) is 0 Å². The molecule has 1 aromatic heterocycles. The minimum absolute atomic E-state index is 0.0361. The van der Waals surface area contributed by atoms with Crippen molar-refractivity contribution in [2.45, 2.75) is 32.2 Å². The first-order chi connectivity index (χ1) is 11.5. The molecular weight excluding hydrogens is 348 g/mol. The van der Waals surface area contributed by atoms with Crippen molar-refractivity contribution in [3.05, 3.63) is 11.6 Å². The summed E-state index contributed by atoms with van der Waals surface area (Å²) in [5.74, 6) is 0.0835. The van der Waals surface area contributed by atoms with Gasteiger partial charge in [0.25, 0.3) is 0 Å². The second kappa shape index (κ2) is 7.37. The molecule has 3 heterocycles. The molecule has 7 nitrogen and oxygen atoms in total. The normalized spacial score (nSPS) is 23.0. The molecule has 1 unspecified atom stereocenters. The highest BCUT2D eigenvalue weighted by Gasteiger charge is 2.40. The Balaban J connectivity index is 1.62. The van der Waals surface area contributed by atoms with Crippen molar-refractivity contribution in [2.75, 3.05) is 43.4 Å². The molecule has 0 bridgehead atoms. The van der Waals surface area contributed by atoms with E-state index in [0.29, 0.717) is 32.5 Å². The van der Waals surface area contributed by atoms with Gasteiger partial charge in [0.15, 0.2) is 5.13 Å². The molecular formula is C15H24N4O3S2. The van der Waals surface area contributed by atoms with Gasteiger partial charge in [0.2, 0.25) is 15.9 Å². The van der Waals surface area contributed by atoms with E-state index in [2.05, 4.69) is 9.88 Å². The molecule has 3 rings (SSSR count). The SMILES string of the molecule is CCCS(=O)(=O)N1CCCC1C(=O)N1CCN(c2nccs2)CC1. The predicted molar refractivity (Wildman–Crippen MR) is 94.7 cm³/mol. The van der Waals surface area contributed by atoms with Gasteiger partial charge in [0.05, 0.1) is 5.75 Å². The number of rotatable bonds is 5. The number of piperazine rings is 1. The highest BCUT2D eigenvalue weighted by Crippen LogP contribution is 2.25. The molecule has 1 amide bonds. The maximum absolute atomic E-state index is 12.8. The molecule has 0 N–H and O–H groups in total. The summed E-state index contributed by atoms with van der Waals surface area (Å²) in [4.78, 5) is 21.1. The molecule has 2 aliphatic heterocycles. The number of nitrogens with zero attached hydrogens (tertiary/aromatic N) is 4. The highest BCUT2D eigenvalue weighted by molar-refractivity contribution is 7.89. The number of amides is 1. The lowest BCUT2D eigenvalue weighted by Crippen LogP contribution is -2.54. The third kappa shape index (κ3) is 3.57. The van der Waals surface area contributed by atoms with Crippen LogP contribution in [0.3, 0.4) is 0 Å². The van der Waals surface area contributed by atoms with Gasteiger partial charge in [-0.3, -0.25) is 4.79 Å². The van der Waals surface area contributed by atoms with Crippen molar-refractivity contribution in [1.29, 1.82) is 0 Å². The highest BCUT2D eigenvalue weighted by atomic mass is 32.2. The molecule has 1 atom stereocenters. The molecule has 2 aliphatic rings. The molecule has 1 aromatic rings. The summed E-state index contributed by atoms with van der Waals surface area (Å²) in [5.41, 5.74) is 0. The Morgan fingerprint density at radius 3 is 2.67 bits per heavy atom. The number of hydrogen-bond acceptors (Lipinski definition) is 6. The lowest BCUT2D eigenvalue weighted by atomic mass is 10.2. The third-order valence-electron chi connectivity index (χ3n) is 4.59. The molecule has 0 radical (unpaired) electrons. The summed E-state index contributed by atoms with van der Waals surface area (Å²) in [5, 5.41) is 2.93. The van der Waals surface area contributed by atoms with Gasteiger partial charge >= 0.3 is 0 Å². The number of carbonyl (C=O) groups is 1. The van der Waals surface area contributed by atoms with Gasteiger partial charge in [-0.2, -0.15) is 4.31 Å². The molecule has 24 heavy (non-hydrogen) atoms. The van der Waals surface area contributed by atoms with Crippen molar-refractivity contribution in [1.82, 2.24) is 14.2 Å². The standard InChI is InChI=1S/C15H24N4O3S2/c1-2-12-24(21,22)19-6-3-4-13(19)14(20)17-7-9-18(10-8-17)15-16-5-11-23-15/h5,11,13H,2-4,6-10,12H2,1H3. The van der Waals surface area contributed by atoms with E-state index in [1.807, 2.05) is 17.2 Å². The zero-order valence-electron chi connectivity index (χ0n) is 13.9. The fourth-order valence-electron chi connectivity index (χ4n) is 3.40. The van der Waals surface area contributed by atoms with Crippen LogP contribution in [-0.4, -0.2) is 73.0 Å². The van der Waals surface area contributed by atoms with Crippen molar-refractivity contribution < 1.29 is 13.2 Å². The van der Waals surface area contributed by atoms with Crippen LogP contribution in [0, 0.1) is 0 Å². The maximum atomic E-state index is 12.8. The van der Waals surface area contributed by atoms with E-state index >= 15 is 0 Å². The second-order valence-electron chi connectivity index (χ2n) is 6.21. The number of sulfonamides is 1. The van der Waals surface area contributed by atoms with E-state index in [1.165, 1.54) is 4.31 Å². The Morgan fingerprint density at radius 1 is 1.29 bits per heavy atom. The van der Waals surface area contributed by atoms with Crippen LogP contribution in [0.2, 0.25) is 0 Å². The Morgan fingerprint density at radius 2 is 2.04 bits per heavy atom. The predicted octanol–water partition coefficient (Wildman–Crippen LogP) is 0.996. The number of hydrogen-bond donors (Lipinski definition) is 0. The monoisotopic (exact) mass is 372 g/mol. The molecule has 0 aromatic carbocycles. The number of carbonyl (C=O) groups excluding carboxylic acids is 1. The van der Waals surface area contributed by atoms with Crippen LogP contribution in [0.15, 0.2) is 11.6 Å². The van der Waals surface area contributed by atoms with Gasteiger partial charge in [0, 0.05) is 44.3 Å². The molecule has 2 saturated heterocycles. The lowest BCUT2D eigenvalue weighted by molar-refractivity contribution is -0.134. The van der Waals surface area contributed by atoms with Gasteiger partial charge in [-0.15, -0.1) is 11.3 Å². The smallest absolute Gasteiger partial charge is 0.241 e. The zero-order chi connectivity index (χ0) is 17.2. The first-order valence-corrected chi connectivity index (χ1v) is 10.9. The van der Waals surface area contributed by atoms with E-state index < -0.39 is 16.1 Å². The zero-order valence-corrected chi connectivity index (χ0v) is 15.6. The van der Waals surface area contributed by atoms with Crippen LogP contribution in [0.1, 0.15) is 26.2 Å². The van der Waals surface area contributed by atoms with Gasteiger partial charge in [-0.05, 0) is 19.3 Å². The van der Waals surface area contributed by atoms with Crippen LogP contribution in [-0.2, 0) is 14.8 Å². The largest absolute Gasteiger partial charge is 0.345 e. The summed E-state index contributed by atoms with van der Waals surface area (Å²) in [7, 11) is -3.32. The summed E-state index contributed by atoms with van der Waals surface area (Å²) >= 11 is 1.60. The van der Waals surface area contributed by atoms with E-state index in [4.69, 9.17) is 0 Å². The number of anilines is 1. The first-order valence-electron chi connectivity index (χ1n) is 8.45. The Hall–Kier alpha value is -1.19. The van der Waals surface area contributed by atoms with Crippen LogP contribution in [0.4, 0.5) is 5.13 Å². The molecule has 2 fully saturated rings. The average molecular weight is 373 g/mol. The Bertz CT molecular complexity index is 654. The first kappa shape index (κ1) is 17.6. The quantitative estimate of drug-likeness (QED) is 0.771. The average Bonchev–Trinajstić information content (AvgIpc) is 3.26. The summed E-state index contributed by atoms with van der Waals surface area (Å²) in [6.45, 7) is 5.05. The van der Waals surface area contributed by atoms with Gasteiger partial charge in [0.1, 0.15) is 6.04 Å². The topological polar surface area (TPSA) is 73.8 Å². The van der Waals surface area contributed by atoms with Gasteiger partial charge in [-0.1, -0.05) is 6.92 Å². The molecule has 9 heteroatoms. The molecule has 0 saturated carbocycles. The van der Waals surface area contributed by atoms with Crippen LogP contribution in [0.25, 0.3) is 0 Å². The molecule has 0 spiro atoms. The molecule has 134 valence electrons. The van der Waals surface area contributed by atoms with E-state index in [9.17, 15) is 13.2 Å². The summed E-state index contributed by atoms with van der Waals surface area (Å²) in [6.07, 6.45) is 3.76. The molecule has 0 aliphatic carbocycles. The van der Waals surface area contributed by atoms with Crippen molar-refractivity contribution >= 4 is 32.4 Å². The minimum Gasteiger partial charge on any atom is -0.345 e. The minimum atomic E-state index is -3.32. The maximum Gasteiger partial charge on any atom is 0.241 e. The van der Waals surface area contributed by atoms with E-state index in [0.717, 1.165) is 24.6 Å². The van der Waals surface area contributed by atoms with Crippen molar-refractivity contribution in [3.8, 4) is 0 Å². The van der Waals surface area contributed by atoms with E-state index in [-0.39, 0.29) is 11.7 Å².